The molecule has 0 radical (unpaired) electrons. The number of rotatable bonds is 10. The van der Waals surface area contributed by atoms with E-state index in [1.807, 2.05) is 12.1 Å². The fourth-order valence-corrected chi connectivity index (χ4v) is 1.85. The van der Waals surface area contributed by atoms with Crippen LogP contribution < -0.4 is 10.1 Å². The topological polar surface area (TPSA) is 41.5 Å². The first-order valence-electron chi connectivity index (χ1n) is 7.33. The molecule has 1 rings (SSSR count). The summed E-state index contributed by atoms with van der Waals surface area (Å²) in [7, 11) is 0. The molecule has 0 aliphatic heterocycles. The lowest BCUT2D eigenvalue weighted by Gasteiger charge is -2.09. The summed E-state index contributed by atoms with van der Waals surface area (Å²) in [6.07, 6.45) is 4.63. The van der Waals surface area contributed by atoms with Gasteiger partial charge in [-0.05, 0) is 31.0 Å². The van der Waals surface area contributed by atoms with Gasteiger partial charge in [0, 0.05) is 13.1 Å². The van der Waals surface area contributed by atoms with Crippen LogP contribution in [-0.4, -0.2) is 24.4 Å². The molecule has 2 N–H and O–H groups in total. The van der Waals surface area contributed by atoms with Crippen molar-refractivity contribution in [3.8, 4) is 5.75 Å². The van der Waals surface area contributed by atoms with Gasteiger partial charge in [0.1, 0.15) is 5.75 Å². The second-order valence-corrected chi connectivity index (χ2v) is 5.03. The molecule has 19 heavy (non-hydrogen) atoms. The van der Waals surface area contributed by atoms with E-state index in [-0.39, 0.29) is 6.10 Å². The molecule has 0 bridgehead atoms. The van der Waals surface area contributed by atoms with E-state index < -0.39 is 0 Å². The molecule has 3 nitrogen and oxygen atoms in total. The van der Waals surface area contributed by atoms with E-state index in [0.29, 0.717) is 6.54 Å². The van der Waals surface area contributed by atoms with Crippen molar-refractivity contribution in [2.75, 3.05) is 13.2 Å². The number of hydrogen-bond acceptors (Lipinski definition) is 3. The number of aliphatic hydroxyl groups is 1. The van der Waals surface area contributed by atoms with Crippen molar-refractivity contribution in [3.05, 3.63) is 29.8 Å². The van der Waals surface area contributed by atoms with Crippen LogP contribution in [0, 0.1) is 0 Å². The van der Waals surface area contributed by atoms with E-state index in [1.54, 1.807) is 6.92 Å². The molecule has 0 unspecified atom stereocenters. The van der Waals surface area contributed by atoms with Crippen LogP contribution in [0.2, 0.25) is 0 Å². The number of unbranched alkanes of at least 4 members (excludes halogenated alkanes) is 3. The molecule has 0 amide bonds. The van der Waals surface area contributed by atoms with Crippen LogP contribution in [0.5, 0.6) is 5.75 Å². The third-order valence-corrected chi connectivity index (χ3v) is 2.96. The van der Waals surface area contributed by atoms with Crippen LogP contribution in [0.4, 0.5) is 0 Å². The summed E-state index contributed by atoms with van der Waals surface area (Å²) in [5, 5.41) is 12.3. The van der Waals surface area contributed by atoms with Gasteiger partial charge >= 0.3 is 0 Å². The van der Waals surface area contributed by atoms with Gasteiger partial charge in [-0.1, -0.05) is 38.3 Å². The lowest BCUT2D eigenvalue weighted by Crippen LogP contribution is -2.23. The Labute approximate surface area is 117 Å². The molecule has 0 heterocycles. The Morgan fingerprint density at radius 1 is 1.16 bits per heavy atom. The van der Waals surface area contributed by atoms with Crippen molar-refractivity contribution in [3.63, 3.8) is 0 Å². The molecule has 0 aliphatic rings. The van der Waals surface area contributed by atoms with E-state index in [9.17, 15) is 0 Å². The molecular weight excluding hydrogens is 238 g/mol. The average Bonchev–Trinajstić information content (AvgIpc) is 2.40. The smallest absolute Gasteiger partial charge is 0.119 e. The number of nitrogens with one attached hydrogen (secondary N) is 1. The van der Waals surface area contributed by atoms with E-state index in [1.165, 1.54) is 24.8 Å². The Bertz CT molecular complexity index is 322. The van der Waals surface area contributed by atoms with Crippen molar-refractivity contribution in [1.29, 1.82) is 0 Å². The maximum absolute atomic E-state index is 9.15. The van der Waals surface area contributed by atoms with Gasteiger partial charge in [0.2, 0.25) is 0 Å². The first kappa shape index (κ1) is 16.0. The van der Waals surface area contributed by atoms with E-state index in [2.05, 4.69) is 24.4 Å². The summed E-state index contributed by atoms with van der Waals surface area (Å²) in [6, 6.07) is 8.16. The zero-order valence-corrected chi connectivity index (χ0v) is 12.2. The summed E-state index contributed by atoms with van der Waals surface area (Å²) >= 11 is 0. The highest BCUT2D eigenvalue weighted by Gasteiger charge is 1.98. The highest BCUT2D eigenvalue weighted by molar-refractivity contribution is 5.27. The third kappa shape index (κ3) is 7.85. The van der Waals surface area contributed by atoms with Gasteiger partial charge in [0.25, 0.3) is 0 Å². The SMILES string of the molecule is CCCCCCOc1ccc(CNC[C@@H](C)O)cc1. The van der Waals surface area contributed by atoms with Crippen LogP contribution >= 0.6 is 0 Å². The van der Waals surface area contributed by atoms with Gasteiger partial charge in [0.05, 0.1) is 12.7 Å². The van der Waals surface area contributed by atoms with Crippen molar-refractivity contribution >= 4 is 0 Å². The molecule has 0 spiro atoms. The summed E-state index contributed by atoms with van der Waals surface area (Å²) < 4.78 is 5.69. The summed E-state index contributed by atoms with van der Waals surface area (Å²) in [5.74, 6) is 0.941. The second-order valence-electron chi connectivity index (χ2n) is 5.03. The van der Waals surface area contributed by atoms with Crippen LogP contribution in [0.15, 0.2) is 24.3 Å². The minimum Gasteiger partial charge on any atom is -0.494 e. The van der Waals surface area contributed by atoms with Crippen molar-refractivity contribution in [1.82, 2.24) is 5.32 Å². The lowest BCUT2D eigenvalue weighted by molar-refractivity contribution is 0.191. The Morgan fingerprint density at radius 2 is 1.89 bits per heavy atom. The van der Waals surface area contributed by atoms with Gasteiger partial charge in [-0.3, -0.25) is 0 Å². The number of ether oxygens (including phenoxy) is 1. The number of aliphatic hydroxyl groups excluding tert-OH is 1. The Morgan fingerprint density at radius 3 is 2.53 bits per heavy atom. The van der Waals surface area contributed by atoms with Crippen LogP contribution in [0.3, 0.4) is 0 Å². The highest BCUT2D eigenvalue weighted by Crippen LogP contribution is 2.13. The minimum atomic E-state index is -0.300. The van der Waals surface area contributed by atoms with E-state index in [0.717, 1.165) is 25.3 Å². The molecule has 0 saturated carbocycles. The van der Waals surface area contributed by atoms with Crippen LogP contribution in [0.1, 0.15) is 45.1 Å². The maximum atomic E-state index is 9.15. The molecule has 1 aromatic rings. The average molecular weight is 265 g/mol. The predicted molar refractivity (Wildman–Crippen MR) is 79.5 cm³/mol. The third-order valence-electron chi connectivity index (χ3n) is 2.96. The van der Waals surface area contributed by atoms with Crippen molar-refractivity contribution < 1.29 is 9.84 Å². The Balaban J connectivity index is 2.19. The lowest BCUT2D eigenvalue weighted by atomic mass is 10.2. The minimum absolute atomic E-state index is 0.300. The fraction of sp³-hybridized carbons (Fsp3) is 0.625. The zero-order chi connectivity index (χ0) is 13.9. The Hall–Kier alpha value is -1.06. The maximum Gasteiger partial charge on any atom is 0.119 e. The second kappa shape index (κ2) is 9.82. The van der Waals surface area contributed by atoms with E-state index >= 15 is 0 Å². The zero-order valence-electron chi connectivity index (χ0n) is 12.2. The Kier molecular flexibility index (Phi) is 8.26. The molecule has 0 aliphatic carbocycles. The van der Waals surface area contributed by atoms with E-state index in [4.69, 9.17) is 9.84 Å². The molecule has 0 saturated heterocycles. The van der Waals surface area contributed by atoms with Crippen molar-refractivity contribution in [2.45, 2.75) is 52.2 Å². The monoisotopic (exact) mass is 265 g/mol. The molecule has 108 valence electrons. The molecule has 0 fully saturated rings. The van der Waals surface area contributed by atoms with Gasteiger partial charge in [0.15, 0.2) is 0 Å². The van der Waals surface area contributed by atoms with Gasteiger partial charge < -0.3 is 15.2 Å². The fourth-order valence-electron chi connectivity index (χ4n) is 1.85. The predicted octanol–water partition coefficient (Wildman–Crippen LogP) is 3.12. The normalized spacial score (nSPS) is 12.4. The van der Waals surface area contributed by atoms with Crippen LogP contribution in [-0.2, 0) is 6.54 Å². The standard InChI is InChI=1S/C16H27NO2/c1-3-4-5-6-11-19-16-9-7-15(8-10-16)13-17-12-14(2)18/h7-10,14,17-18H,3-6,11-13H2,1-2H3/t14-/m1/s1. The van der Waals surface area contributed by atoms with Gasteiger partial charge in [-0.2, -0.15) is 0 Å². The van der Waals surface area contributed by atoms with Crippen LogP contribution in [0.25, 0.3) is 0 Å². The first-order valence-corrected chi connectivity index (χ1v) is 7.33. The summed E-state index contributed by atoms with van der Waals surface area (Å²) in [6.45, 7) is 6.20. The number of benzene rings is 1. The molecular formula is C16H27NO2. The quantitative estimate of drug-likeness (QED) is 0.639. The van der Waals surface area contributed by atoms with Gasteiger partial charge in [-0.15, -0.1) is 0 Å². The molecule has 1 aromatic carbocycles. The summed E-state index contributed by atoms with van der Waals surface area (Å²) in [5.41, 5.74) is 1.21. The summed E-state index contributed by atoms with van der Waals surface area (Å²) in [4.78, 5) is 0. The molecule has 1 atom stereocenters. The van der Waals surface area contributed by atoms with Gasteiger partial charge in [-0.25, -0.2) is 0 Å². The first-order chi connectivity index (χ1) is 9.22. The number of hydrogen-bond donors (Lipinski definition) is 2. The molecule has 3 heteroatoms. The highest BCUT2D eigenvalue weighted by atomic mass is 16.5. The largest absolute Gasteiger partial charge is 0.494 e. The van der Waals surface area contributed by atoms with Crippen molar-refractivity contribution in [2.24, 2.45) is 0 Å². The molecule has 0 aromatic heterocycles.